The highest BCUT2D eigenvalue weighted by Gasteiger charge is 2.44. The molecular formula is C19H20F3N3O2. The average Bonchev–Trinajstić information content (AvgIpc) is 2.94. The standard InChI is InChI=1S/C19H20F3N3O2/c1-10-5-12(19(20,21)22)7-15(26)16(10)14-6-11-3-4-25(17(11)24-23-14)13-8-18(2,27)9-13/h5-7,13,26-27H,3-4,8-9H2,1-2H3. The third-order valence-corrected chi connectivity index (χ3v) is 5.43. The second kappa shape index (κ2) is 5.82. The van der Waals surface area contributed by atoms with Crippen LogP contribution in [0.2, 0.25) is 0 Å². The van der Waals surface area contributed by atoms with Crippen molar-refractivity contribution < 1.29 is 23.4 Å². The molecule has 1 fully saturated rings. The smallest absolute Gasteiger partial charge is 0.416 e. The van der Waals surface area contributed by atoms with E-state index in [0.29, 0.717) is 24.1 Å². The number of alkyl halides is 3. The van der Waals surface area contributed by atoms with Crippen LogP contribution in [0.15, 0.2) is 18.2 Å². The number of phenols is 1. The maximum atomic E-state index is 12.9. The number of rotatable bonds is 2. The molecule has 1 aromatic heterocycles. The summed E-state index contributed by atoms with van der Waals surface area (Å²) in [5, 5.41) is 28.6. The van der Waals surface area contributed by atoms with Crippen LogP contribution >= 0.6 is 0 Å². The van der Waals surface area contributed by atoms with Crippen molar-refractivity contribution in [2.24, 2.45) is 0 Å². The number of aromatic nitrogens is 2. The largest absolute Gasteiger partial charge is 0.507 e. The monoisotopic (exact) mass is 379 g/mol. The summed E-state index contributed by atoms with van der Waals surface area (Å²) in [7, 11) is 0. The predicted octanol–water partition coefficient (Wildman–Crippen LogP) is 3.45. The Morgan fingerprint density at radius 2 is 1.89 bits per heavy atom. The lowest BCUT2D eigenvalue weighted by Gasteiger charge is -2.46. The molecule has 1 aromatic carbocycles. The highest BCUT2D eigenvalue weighted by Crippen LogP contribution is 2.42. The van der Waals surface area contributed by atoms with Crippen LogP contribution in [0.25, 0.3) is 11.3 Å². The van der Waals surface area contributed by atoms with Crippen LogP contribution in [0.5, 0.6) is 5.75 Å². The lowest BCUT2D eigenvalue weighted by atomic mass is 9.76. The Labute approximate surface area is 154 Å². The number of anilines is 1. The van der Waals surface area contributed by atoms with E-state index in [2.05, 4.69) is 15.1 Å². The van der Waals surface area contributed by atoms with Gasteiger partial charge in [-0.05, 0) is 56.9 Å². The molecule has 144 valence electrons. The number of phenolic OH excluding ortho intramolecular Hbond substituents is 1. The number of aromatic hydroxyl groups is 1. The Morgan fingerprint density at radius 3 is 2.48 bits per heavy atom. The highest BCUT2D eigenvalue weighted by atomic mass is 19.4. The van der Waals surface area contributed by atoms with Crippen LogP contribution in [0.4, 0.5) is 19.0 Å². The molecule has 2 heterocycles. The molecule has 2 aliphatic rings. The fraction of sp³-hybridized carbons (Fsp3) is 0.474. The maximum Gasteiger partial charge on any atom is 0.416 e. The minimum atomic E-state index is -4.52. The van der Waals surface area contributed by atoms with E-state index >= 15 is 0 Å². The normalized spacial score (nSPS) is 24.7. The lowest BCUT2D eigenvalue weighted by molar-refractivity contribution is -0.137. The minimum Gasteiger partial charge on any atom is -0.507 e. The number of hydrogen-bond donors (Lipinski definition) is 2. The second-order valence-electron chi connectivity index (χ2n) is 7.77. The number of aryl methyl sites for hydroxylation is 1. The summed E-state index contributed by atoms with van der Waals surface area (Å²) in [5.41, 5.74) is 0.345. The zero-order chi connectivity index (χ0) is 19.6. The van der Waals surface area contributed by atoms with Gasteiger partial charge in [-0.2, -0.15) is 13.2 Å². The van der Waals surface area contributed by atoms with E-state index in [9.17, 15) is 23.4 Å². The van der Waals surface area contributed by atoms with Crippen LogP contribution in [0.1, 0.15) is 36.5 Å². The van der Waals surface area contributed by atoms with Crippen LogP contribution in [-0.2, 0) is 12.6 Å². The van der Waals surface area contributed by atoms with Crippen LogP contribution < -0.4 is 4.90 Å². The topological polar surface area (TPSA) is 69.5 Å². The summed E-state index contributed by atoms with van der Waals surface area (Å²) in [4.78, 5) is 2.13. The predicted molar refractivity (Wildman–Crippen MR) is 93.6 cm³/mol. The molecule has 1 aliphatic heterocycles. The van der Waals surface area contributed by atoms with Gasteiger partial charge in [0.2, 0.25) is 0 Å². The third kappa shape index (κ3) is 3.12. The van der Waals surface area contributed by atoms with E-state index in [1.54, 1.807) is 6.07 Å². The van der Waals surface area contributed by atoms with E-state index in [4.69, 9.17) is 0 Å². The molecule has 0 radical (unpaired) electrons. The molecule has 2 aromatic rings. The van der Waals surface area contributed by atoms with Crippen molar-refractivity contribution in [2.75, 3.05) is 11.4 Å². The number of hydrogen-bond acceptors (Lipinski definition) is 5. The fourth-order valence-electron chi connectivity index (χ4n) is 4.12. The molecular weight excluding hydrogens is 359 g/mol. The third-order valence-electron chi connectivity index (χ3n) is 5.43. The fourth-order valence-corrected chi connectivity index (χ4v) is 4.12. The number of benzene rings is 1. The van der Waals surface area contributed by atoms with Crippen molar-refractivity contribution in [1.82, 2.24) is 10.2 Å². The minimum absolute atomic E-state index is 0.225. The SMILES string of the molecule is Cc1cc(C(F)(F)F)cc(O)c1-c1cc2c(nn1)N(C1CC(C)(O)C1)CC2. The van der Waals surface area contributed by atoms with Crippen LogP contribution in [0, 0.1) is 6.92 Å². The molecule has 2 N–H and O–H groups in total. The molecule has 0 amide bonds. The summed E-state index contributed by atoms with van der Waals surface area (Å²) < 4.78 is 38.7. The first-order chi connectivity index (χ1) is 12.5. The molecule has 0 spiro atoms. The van der Waals surface area contributed by atoms with Crippen molar-refractivity contribution >= 4 is 5.82 Å². The average molecular weight is 379 g/mol. The number of aliphatic hydroxyl groups is 1. The van der Waals surface area contributed by atoms with Gasteiger partial charge in [-0.3, -0.25) is 0 Å². The van der Waals surface area contributed by atoms with E-state index in [1.165, 1.54) is 6.92 Å². The zero-order valence-corrected chi connectivity index (χ0v) is 15.0. The molecule has 27 heavy (non-hydrogen) atoms. The molecule has 0 bridgehead atoms. The summed E-state index contributed by atoms with van der Waals surface area (Å²) in [6, 6.07) is 3.74. The Hall–Kier alpha value is -2.35. The quantitative estimate of drug-likeness (QED) is 0.837. The van der Waals surface area contributed by atoms with Gasteiger partial charge in [0.25, 0.3) is 0 Å². The Bertz CT molecular complexity index is 881. The van der Waals surface area contributed by atoms with Crippen molar-refractivity contribution in [3.8, 4) is 17.0 Å². The van der Waals surface area contributed by atoms with E-state index in [0.717, 1.165) is 36.5 Å². The van der Waals surface area contributed by atoms with Gasteiger partial charge in [-0.15, -0.1) is 10.2 Å². The van der Waals surface area contributed by atoms with E-state index in [1.807, 2.05) is 6.92 Å². The van der Waals surface area contributed by atoms with Crippen molar-refractivity contribution in [3.63, 3.8) is 0 Å². The van der Waals surface area contributed by atoms with Crippen LogP contribution in [-0.4, -0.2) is 38.6 Å². The number of fused-ring (bicyclic) bond motifs is 1. The molecule has 8 heteroatoms. The maximum absolute atomic E-state index is 12.9. The molecule has 5 nitrogen and oxygen atoms in total. The zero-order valence-electron chi connectivity index (χ0n) is 15.0. The first-order valence-electron chi connectivity index (χ1n) is 8.82. The Kier molecular flexibility index (Phi) is 3.89. The van der Waals surface area contributed by atoms with E-state index in [-0.39, 0.29) is 11.6 Å². The van der Waals surface area contributed by atoms with E-state index < -0.39 is 23.1 Å². The number of nitrogens with zero attached hydrogens (tertiary/aromatic N) is 3. The summed E-state index contributed by atoms with van der Waals surface area (Å²) in [6.07, 6.45) is -2.42. The van der Waals surface area contributed by atoms with Crippen molar-refractivity contribution in [1.29, 1.82) is 0 Å². The molecule has 1 saturated carbocycles. The van der Waals surface area contributed by atoms with Gasteiger partial charge < -0.3 is 15.1 Å². The molecule has 0 atom stereocenters. The molecule has 1 aliphatic carbocycles. The summed E-state index contributed by atoms with van der Waals surface area (Å²) in [6.45, 7) is 4.10. The van der Waals surface area contributed by atoms with Gasteiger partial charge in [0.15, 0.2) is 5.82 Å². The van der Waals surface area contributed by atoms with Gasteiger partial charge in [-0.1, -0.05) is 0 Å². The van der Waals surface area contributed by atoms with Gasteiger partial charge in [0.05, 0.1) is 16.9 Å². The summed E-state index contributed by atoms with van der Waals surface area (Å²) >= 11 is 0. The van der Waals surface area contributed by atoms with Gasteiger partial charge in [0.1, 0.15) is 5.75 Å². The number of halogens is 3. The lowest BCUT2D eigenvalue weighted by Crippen LogP contribution is -2.53. The molecule has 4 rings (SSSR count). The van der Waals surface area contributed by atoms with Crippen LogP contribution in [0.3, 0.4) is 0 Å². The highest BCUT2D eigenvalue weighted by molar-refractivity contribution is 5.73. The van der Waals surface area contributed by atoms with Gasteiger partial charge in [0, 0.05) is 23.7 Å². The van der Waals surface area contributed by atoms with Crippen molar-refractivity contribution in [2.45, 2.75) is 50.9 Å². The molecule has 0 unspecified atom stereocenters. The Balaban J connectivity index is 1.66. The first-order valence-corrected chi connectivity index (χ1v) is 8.82. The first kappa shape index (κ1) is 18.0. The van der Waals surface area contributed by atoms with Gasteiger partial charge >= 0.3 is 6.18 Å². The Morgan fingerprint density at radius 1 is 1.19 bits per heavy atom. The summed E-state index contributed by atoms with van der Waals surface area (Å²) in [5.74, 6) is 0.296. The second-order valence-corrected chi connectivity index (χ2v) is 7.77. The molecule has 0 saturated heterocycles. The van der Waals surface area contributed by atoms with Gasteiger partial charge in [-0.25, -0.2) is 0 Å². The van der Waals surface area contributed by atoms with Crippen molar-refractivity contribution in [3.05, 3.63) is 34.9 Å².